The van der Waals surface area contributed by atoms with Crippen molar-refractivity contribution >= 4 is 5.91 Å². The van der Waals surface area contributed by atoms with E-state index in [9.17, 15) is 4.79 Å². The molecule has 0 saturated heterocycles. The average Bonchev–Trinajstić information content (AvgIpc) is 2.65. The van der Waals surface area contributed by atoms with E-state index in [2.05, 4.69) is 27.7 Å². The number of amides is 1. The van der Waals surface area contributed by atoms with Gasteiger partial charge in [0.25, 0.3) is 0 Å². The van der Waals surface area contributed by atoms with Crippen LogP contribution in [0.1, 0.15) is 66.2 Å². The SMILES string of the molecule is CCCCCN(C(=O)C1(C)CCCC1N)C(C)C. The highest BCUT2D eigenvalue weighted by molar-refractivity contribution is 5.83. The molecule has 2 N–H and O–H groups in total. The van der Waals surface area contributed by atoms with Gasteiger partial charge in [-0.05, 0) is 40.0 Å². The quantitative estimate of drug-likeness (QED) is 0.741. The zero-order valence-electron chi connectivity index (χ0n) is 12.5. The van der Waals surface area contributed by atoms with Crippen molar-refractivity contribution in [1.82, 2.24) is 4.90 Å². The molecule has 0 aromatic carbocycles. The molecule has 0 aliphatic heterocycles. The maximum Gasteiger partial charge on any atom is 0.230 e. The number of hydrogen-bond donors (Lipinski definition) is 1. The van der Waals surface area contributed by atoms with Crippen molar-refractivity contribution in [3.63, 3.8) is 0 Å². The van der Waals surface area contributed by atoms with E-state index in [4.69, 9.17) is 5.73 Å². The standard InChI is InChI=1S/C15H30N2O/c1-5-6-7-11-17(12(2)3)14(18)15(4)10-8-9-13(15)16/h12-13H,5-11,16H2,1-4H3. The van der Waals surface area contributed by atoms with Gasteiger partial charge >= 0.3 is 0 Å². The van der Waals surface area contributed by atoms with Crippen LogP contribution in [0, 0.1) is 5.41 Å². The van der Waals surface area contributed by atoms with Crippen LogP contribution in [0.2, 0.25) is 0 Å². The summed E-state index contributed by atoms with van der Waals surface area (Å²) in [4.78, 5) is 14.8. The van der Waals surface area contributed by atoms with Crippen LogP contribution in [0.15, 0.2) is 0 Å². The minimum absolute atomic E-state index is 0.0393. The predicted molar refractivity (Wildman–Crippen MR) is 76.3 cm³/mol. The van der Waals surface area contributed by atoms with Crippen LogP contribution >= 0.6 is 0 Å². The van der Waals surface area contributed by atoms with Crippen LogP contribution in [-0.4, -0.2) is 29.4 Å². The number of carbonyl (C=O) groups is 1. The molecule has 2 unspecified atom stereocenters. The van der Waals surface area contributed by atoms with Gasteiger partial charge in [-0.3, -0.25) is 4.79 Å². The Balaban J connectivity index is 2.70. The topological polar surface area (TPSA) is 46.3 Å². The van der Waals surface area contributed by atoms with Gasteiger partial charge in [0, 0.05) is 18.6 Å². The van der Waals surface area contributed by atoms with E-state index in [1.54, 1.807) is 0 Å². The van der Waals surface area contributed by atoms with Crippen LogP contribution in [0.25, 0.3) is 0 Å². The largest absolute Gasteiger partial charge is 0.340 e. The molecule has 0 aromatic rings. The van der Waals surface area contributed by atoms with E-state index < -0.39 is 0 Å². The first-order valence-corrected chi connectivity index (χ1v) is 7.50. The second-order valence-corrected chi connectivity index (χ2v) is 6.22. The summed E-state index contributed by atoms with van der Waals surface area (Å²) in [5, 5.41) is 0. The molecule has 1 aliphatic carbocycles. The zero-order valence-corrected chi connectivity index (χ0v) is 12.5. The number of carbonyl (C=O) groups excluding carboxylic acids is 1. The van der Waals surface area contributed by atoms with E-state index in [0.29, 0.717) is 0 Å². The fourth-order valence-electron chi connectivity index (χ4n) is 2.91. The van der Waals surface area contributed by atoms with Gasteiger partial charge in [0.05, 0.1) is 5.41 Å². The molecule has 0 bridgehead atoms. The molecule has 3 nitrogen and oxygen atoms in total. The number of rotatable bonds is 6. The third-order valence-corrected chi connectivity index (χ3v) is 4.40. The fourth-order valence-corrected chi connectivity index (χ4v) is 2.91. The normalized spacial score (nSPS) is 27.8. The molecule has 1 rings (SSSR count). The van der Waals surface area contributed by atoms with Gasteiger partial charge in [0.15, 0.2) is 0 Å². The van der Waals surface area contributed by atoms with Gasteiger partial charge < -0.3 is 10.6 Å². The Kier molecular flexibility index (Phi) is 5.64. The average molecular weight is 254 g/mol. The molecule has 3 heteroatoms. The van der Waals surface area contributed by atoms with Crippen LogP contribution in [0.3, 0.4) is 0 Å². The smallest absolute Gasteiger partial charge is 0.230 e. The van der Waals surface area contributed by atoms with Gasteiger partial charge in [0.1, 0.15) is 0 Å². The molecular weight excluding hydrogens is 224 g/mol. The van der Waals surface area contributed by atoms with Crippen LogP contribution < -0.4 is 5.73 Å². The molecule has 18 heavy (non-hydrogen) atoms. The number of nitrogens with zero attached hydrogens (tertiary/aromatic N) is 1. The maximum atomic E-state index is 12.8. The predicted octanol–water partition coefficient (Wildman–Crippen LogP) is 2.93. The zero-order chi connectivity index (χ0) is 13.8. The van der Waals surface area contributed by atoms with Crippen molar-refractivity contribution in [3.8, 4) is 0 Å². The second-order valence-electron chi connectivity index (χ2n) is 6.22. The van der Waals surface area contributed by atoms with Gasteiger partial charge in [-0.1, -0.05) is 26.2 Å². The summed E-state index contributed by atoms with van der Waals surface area (Å²) in [6.07, 6.45) is 6.51. The molecule has 0 spiro atoms. The Bertz CT molecular complexity index is 278. The molecule has 0 aromatic heterocycles. The summed E-state index contributed by atoms with van der Waals surface area (Å²) < 4.78 is 0. The van der Waals surface area contributed by atoms with Crippen LogP contribution in [0.4, 0.5) is 0 Å². The second kappa shape index (κ2) is 6.55. The minimum atomic E-state index is -0.323. The lowest BCUT2D eigenvalue weighted by molar-refractivity contribution is -0.143. The lowest BCUT2D eigenvalue weighted by atomic mass is 9.83. The first-order valence-electron chi connectivity index (χ1n) is 7.50. The lowest BCUT2D eigenvalue weighted by Gasteiger charge is -2.37. The highest BCUT2D eigenvalue weighted by Crippen LogP contribution is 2.38. The lowest BCUT2D eigenvalue weighted by Crippen LogP contribution is -2.51. The monoisotopic (exact) mass is 254 g/mol. The molecular formula is C15H30N2O. The van der Waals surface area contributed by atoms with Crippen molar-refractivity contribution in [1.29, 1.82) is 0 Å². The molecule has 2 atom stereocenters. The van der Waals surface area contributed by atoms with E-state index in [0.717, 1.165) is 32.2 Å². The van der Waals surface area contributed by atoms with Crippen molar-refractivity contribution < 1.29 is 4.79 Å². The van der Waals surface area contributed by atoms with E-state index in [-0.39, 0.29) is 23.4 Å². The molecule has 1 aliphatic rings. The highest BCUT2D eigenvalue weighted by atomic mass is 16.2. The van der Waals surface area contributed by atoms with Gasteiger partial charge in [-0.15, -0.1) is 0 Å². The Labute approximate surface area is 112 Å². The summed E-state index contributed by atoms with van der Waals surface area (Å²) in [5.74, 6) is 0.276. The highest BCUT2D eigenvalue weighted by Gasteiger charge is 2.45. The molecule has 106 valence electrons. The van der Waals surface area contributed by atoms with E-state index in [1.807, 2.05) is 4.90 Å². The Morgan fingerprint density at radius 3 is 2.56 bits per heavy atom. The Morgan fingerprint density at radius 1 is 1.44 bits per heavy atom. The van der Waals surface area contributed by atoms with Crippen molar-refractivity contribution in [2.45, 2.75) is 78.3 Å². The van der Waals surface area contributed by atoms with Crippen molar-refractivity contribution in [2.75, 3.05) is 6.54 Å². The van der Waals surface area contributed by atoms with E-state index in [1.165, 1.54) is 12.8 Å². The fraction of sp³-hybridized carbons (Fsp3) is 0.933. The molecule has 1 saturated carbocycles. The number of nitrogens with two attached hydrogens (primary N) is 1. The molecule has 0 heterocycles. The van der Waals surface area contributed by atoms with E-state index >= 15 is 0 Å². The first kappa shape index (κ1) is 15.5. The number of unbranched alkanes of at least 4 members (excludes halogenated alkanes) is 2. The Hall–Kier alpha value is -0.570. The third kappa shape index (κ3) is 3.25. The van der Waals surface area contributed by atoms with Crippen LogP contribution in [0.5, 0.6) is 0 Å². The maximum absolute atomic E-state index is 12.8. The summed E-state index contributed by atoms with van der Waals surface area (Å²) in [6.45, 7) is 9.34. The van der Waals surface area contributed by atoms with Crippen LogP contribution in [-0.2, 0) is 4.79 Å². The molecule has 1 amide bonds. The summed E-state index contributed by atoms with van der Waals surface area (Å²) in [5.41, 5.74) is 5.84. The Morgan fingerprint density at radius 2 is 2.11 bits per heavy atom. The summed E-state index contributed by atoms with van der Waals surface area (Å²) >= 11 is 0. The first-order chi connectivity index (χ1) is 8.43. The van der Waals surface area contributed by atoms with Gasteiger partial charge in [0.2, 0.25) is 5.91 Å². The van der Waals surface area contributed by atoms with Crippen molar-refractivity contribution in [2.24, 2.45) is 11.1 Å². The van der Waals surface area contributed by atoms with Crippen molar-refractivity contribution in [3.05, 3.63) is 0 Å². The minimum Gasteiger partial charge on any atom is -0.340 e. The number of hydrogen-bond acceptors (Lipinski definition) is 2. The summed E-state index contributed by atoms with van der Waals surface area (Å²) in [7, 11) is 0. The van der Waals surface area contributed by atoms with Gasteiger partial charge in [-0.25, -0.2) is 0 Å². The van der Waals surface area contributed by atoms with Gasteiger partial charge in [-0.2, -0.15) is 0 Å². The summed E-state index contributed by atoms with van der Waals surface area (Å²) in [6, 6.07) is 0.316. The molecule has 0 radical (unpaired) electrons. The molecule has 1 fully saturated rings. The third-order valence-electron chi connectivity index (χ3n) is 4.40.